The summed E-state index contributed by atoms with van der Waals surface area (Å²) in [7, 11) is 0. The number of aliphatic hydroxyl groups excluding tert-OH is 1. The van der Waals surface area contributed by atoms with Crippen LogP contribution in [0.3, 0.4) is 0 Å². The van der Waals surface area contributed by atoms with E-state index in [0.29, 0.717) is 5.69 Å². The highest BCUT2D eigenvalue weighted by Gasteiger charge is 2.16. The molecule has 0 aliphatic rings. The molecule has 5 nitrogen and oxygen atoms in total. The molecule has 0 fully saturated rings. The summed E-state index contributed by atoms with van der Waals surface area (Å²) in [5, 5.41) is 17.0. The summed E-state index contributed by atoms with van der Waals surface area (Å²) in [5.74, 6) is -0.145. The van der Waals surface area contributed by atoms with E-state index >= 15 is 0 Å². The maximum Gasteiger partial charge on any atom is 0.227 e. The van der Waals surface area contributed by atoms with Gasteiger partial charge in [0.15, 0.2) is 0 Å². The second kappa shape index (κ2) is 6.75. The normalized spacial score (nSPS) is 12.5. The molecule has 0 spiro atoms. The number of aliphatic hydroxyl groups is 1. The highest BCUT2D eigenvalue weighted by molar-refractivity contribution is 5.93. The molecule has 0 bridgehead atoms. The van der Waals surface area contributed by atoms with Crippen molar-refractivity contribution >= 4 is 11.6 Å². The Morgan fingerprint density at radius 1 is 1.32 bits per heavy atom. The maximum atomic E-state index is 12.1. The molecule has 1 unspecified atom stereocenters. The van der Waals surface area contributed by atoms with Crippen molar-refractivity contribution in [2.24, 2.45) is 5.92 Å². The fourth-order valence-corrected chi connectivity index (χ4v) is 2.12. The molecule has 118 valence electrons. The lowest BCUT2D eigenvalue weighted by atomic mass is 10.0. The number of carbonyl (C=O) groups is 1. The van der Waals surface area contributed by atoms with Crippen LogP contribution in [0.15, 0.2) is 30.6 Å². The zero-order valence-electron chi connectivity index (χ0n) is 13.5. The standard InChI is InChI=1S/C17H23N3O2/c1-11(2)16(21)8-17(22)19-14-7-12(3)5-6-15(14)20-10-13(4)9-18-20/h5-7,9-11,16,21H,8H2,1-4H3,(H,19,22). The van der Waals surface area contributed by atoms with Crippen LogP contribution in [-0.4, -0.2) is 26.9 Å². The molecule has 2 N–H and O–H groups in total. The molecule has 0 saturated heterocycles. The molecule has 1 heterocycles. The smallest absolute Gasteiger partial charge is 0.227 e. The van der Waals surface area contributed by atoms with Gasteiger partial charge in [-0.1, -0.05) is 19.9 Å². The summed E-state index contributed by atoms with van der Waals surface area (Å²) in [6.45, 7) is 7.72. The number of anilines is 1. The molecule has 1 aromatic carbocycles. The van der Waals surface area contributed by atoms with Crippen LogP contribution in [0.25, 0.3) is 5.69 Å². The predicted molar refractivity (Wildman–Crippen MR) is 87.1 cm³/mol. The van der Waals surface area contributed by atoms with E-state index < -0.39 is 6.10 Å². The van der Waals surface area contributed by atoms with Gasteiger partial charge in [0.1, 0.15) is 0 Å². The summed E-state index contributed by atoms with van der Waals surface area (Å²) in [6.07, 6.45) is 3.13. The van der Waals surface area contributed by atoms with Crippen LogP contribution in [0.1, 0.15) is 31.4 Å². The third-order valence-electron chi connectivity index (χ3n) is 3.55. The summed E-state index contributed by atoms with van der Waals surface area (Å²) >= 11 is 0. The van der Waals surface area contributed by atoms with Gasteiger partial charge >= 0.3 is 0 Å². The van der Waals surface area contributed by atoms with Crippen molar-refractivity contribution in [3.05, 3.63) is 41.7 Å². The summed E-state index contributed by atoms with van der Waals surface area (Å²) in [4.78, 5) is 12.1. The number of nitrogens with zero attached hydrogens (tertiary/aromatic N) is 2. The van der Waals surface area contributed by atoms with Gasteiger partial charge in [-0.2, -0.15) is 5.10 Å². The second-order valence-electron chi connectivity index (χ2n) is 6.05. The second-order valence-corrected chi connectivity index (χ2v) is 6.05. The van der Waals surface area contributed by atoms with Gasteiger partial charge in [0.05, 0.1) is 30.1 Å². The van der Waals surface area contributed by atoms with Crippen molar-refractivity contribution < 1.29 is 9.90 Å². The van der Waals surface area contributed by atoms with Crippen LogP contribution in [0.4, 0.5) is 5.69 Å². The minimum absolute atomic E-state index is 0.0523. The lowest BCUT2D eigenvalue weighted by molar-refractivity contribution is -0.118. The Balaban J connectivity index is 2.23. The lowest BCUT2D eigenvalue weighted by Crippen LogP contribution is -2.24. The third-order valence-corrected chi connectivity index (χ3v) is 3.55. The third kappa shape index (κ3) is 3.95. The Morgan fingerprint density at radius 3 is 2.64 bits per heavy atom. The molecule has 1 aromatic heterocycles. The number of carbonyl (C=O) groups excluding carboxylic acids is 1. The van der Waals surface area contributed by atoms with Gasteiger partial charge < -0.3 is 10.4 Å². The fraction of sp³-hybridized carbons (Fsp3) is 0.412. The summed E-state index contributed by atoms with van der Waals surface area (Å²) in [5.41, 5.74) is 3.61. The molecule has 0 aliphatic carbocycles. The Labute approximate surface area is 131 Å². The minimum Gasteiger partial charge on any atom is -0.392 e. The number of rotatable bonds is 5. The molecule has 0 saturated carbocycles. The van der Waals surface area contributed by atoms with Crippen LogP contribution in [0.5, 0.6) is 0 Å². The van der Waals surface area contributed by atoms with E-state index in [4.69, 9.17) is 0 Å². The molecule has 5 heteroatoms. The number of hydrogen-bond acceptors (Lipinski definition) is 3. The first kappa shape index (κ1) is 16.2. The van der Waals surface area contributed by atoms with Crippen molar-refractivity contribution in [3.8, 4) is 5.69 Å². The summed E-state index contributed by atoms with van der Waals surface area (Å²) in [6, 6.07) is 5.81. The number of aromatic nitrogens is 2. The first-order chi connectivity index (χ1) is 10.4. The van der Waals surface area contributed by atoms with E-state index in [1.807, 2.05) is 52.1 Å². The lowest BCUT2D eigenvalue weighted by Gasteiger charge is -2.16. The Morgan fingerprint density at radius 2 is 2.05 bits per heavy atom. The molecule has 22 heavy (non-hydrogen) atoms. The highest BCUT2D eigenvalue weighted by Crippen LogP contribution is 2.22. The fourth-order valence-electron chi connectivity index (χ4n) is 2.12. The van der Waals surface area contributed by atoms with Crippen LogP contribution >= 0.6 is 0 Å². The molecular weight excluding hydrogens is 278 g/mol. The Kier molecular flexibility index (Phi) is 4.98. The SMILES string of the molecule is Cc1ccc(-n2cc(C)cn2)c(NC(=O)CC(O)C(C)C)c1. The first-order valence-electron chi connectivity index (χ1n) is 7.47. The van der Waals surface area contributed by atoms with E-state index in [9.17, 15) is 9.90 Å². The van der Waals surface area contributed by atoms with Gasteiger partial charge in [-0.05, 0) is 43.0 Å². The van der Waals surface area contributed by atoms with Crippen LogP contribution in [-0.2, 0) is 4.79 Å². The number of amides is 1. The predicted octanol–water partition coefficient (Wildman–Crippen LogP) is 2.83. The molecule has 2 rings (SSSR count). The zero-order valence-corrected chi connectivity index (χ0v) is 13.5. The van der Waals surface area contributed by atoms with Gasteiger partial charge in [-0.25, -0.2) is 4.68 Å². The maximum absolute atomic E-state index is 12.1. The quantitative estimate of drug-likeness (QED) is 0.892. The van der Waals surface area contributed by atoms with E-state index in [0.717, 1.165) is 16.8 Å². The number of nitrogens with one attached hydrogen (secondary N) is 1. The molecule has 1 amide bonds. The molecule has 0 radical (unpaired) electrons. The monoisotopic (exact) mass is 301 g/mol. The highest BCUT2D eigenvalue weighted by atomic mass is 16.3. The molecule has 1 atom stereocenters. The average molecular weight is 301 g/mol. The first-order valence-corrected chi connectivity index (χ1v) is 7.47. The van der Waals surface area contributed by atoms with E-state index in [-0.39, 0.29) is 18.2 Å². The Bertz CT molecular complexity index is 662. The van der Waals surface area contributed by atoms with Gasteiger partial charge in [0, 0.05) is 6.20 Å². The van der Waals surface area contributed by atoms with Crippen LogP contribution in [0, 0.1) is 19.8 Å². The topological polar surface area (TPSA) is 67.2 Å². The van der Waals surface area contributed by atoms with E-state index in [1.54, 1.807) is 10.9 Å². The van der Waals surface area contributed by atoms with Gasteiger partial charge in [0.2, 0.25) is 5.91 Å². The van der Waals surface area contributed by atoms with Crippen molar-refractivity contribution in [2.45, 2.75) is 40.2 Å². The average Bonchev–Trinajstić information content (AvgIpc) is 2.85. The van der Waals surface area contributed by atoms with Crippen LogP contribution < -0.4 is 5.32 Å². The summed E-state index contributed by atoms with van der Waals surface area (Å²) < 4.78 is 1.74. The van der Waals surface area contributed by atoms with E-state index in [1.165, 1.54) is 0 Å². The molecule has 0 aliphatic heterocycles. The van der Waals surface area contributed by atoms with Crippen molar-refractivity contribution in [2.75, 3.05) is 5.32 Å². The number of aryl methyl sites for hydroxylation is 2. The number of hydrogen-bond donors (Lipinski definition) is 2. The molecular formula is C17H23N3O2. The van der Waals surface area contributed by atoms with Gasteiger partial charge in [-0.15, -0.1) is 0 Å². The Hall–Kier alpha value is -2.14. The minimum atomic E-state index is -0.639. The van der Waals surface area contributed by atoms with Gasteiger partial charge in [0.25, 0.3) is 0 Å². The van der Waals surface area contributed by atoms with E-state index in [2.05, 4.69) is 10.4 Å². The molecule has 2 aromatic rings. The van der Waals surface area contributed by atoms with Gasteiger partial charge in [-0.3, -0.25) is 4.79 Å². The zero-order chi connectivity index (χ0) is 16.3. The van der Waals surface area contributed by atoms with Crippen molar-refractivity contribution in [3.63, 3.8) is 0 Å². The van der Waals surface area contributed by atoms with Crippen LogP contribution in [0.2, 0.25) is 0 Å². The van der Waals surface area contributed by atoms with Crippen molar-refractivity contribution in [1.29, 1.82) is 0 Å². The largest absolute Gasteiger partial charge is 0.392 e. The number of benzene rings is 1. The van der Waals surface area contributed by atoms with Crippen molar-refractivity contribution in [1.82, 2.24) is 9.78 Å².